The van der Waals surface area contributed by atoms with Gasteiger partial charge in [-0.25, -0.2) is 0 Å². The van der Waals surface area contributed by atoms with Crippen LogP contribution in [0, 0.1) is 12.8 Å². The van der Waals surface area contributed by atoms with Crippen molar-refractivity contribution in [2.75, 3.05) is 18.1 Å². The van der Waals surface area contributed by atoms with Crippen LogP contribution in [-0.2, 0) is 9.59 Å². The van der Waals surface area contributed by atoms with Crippen molar-refractivity contribution in [1.29, 1.82) is 0 Å². The third-order valence-electron chi connectivity index (χ3n) is 6.73. The minimum atomic E-state index is -0.762. The molecule has 4 rings (SSSR count). The molecule has 1 fully saturated rings. The summed E-state index contributed by atoms with van der Waals surface area (Å²) in [6.07, 6.45) is 1.36. The lowest BCUT2D eigenvalue weighted by molar-refractivity contribution is -0.132. The number of aliphatic hydroxyl groups excluding tert-OH is 2. The molecular weight excluding hydrogens is 488 g/mol. The fraction of sp³-hybridized carbons (Fsp3) is 0.321. The highest BCUT2D eigenvalue weighted by Gasteiger charge is 2.48. The summed E-state index contributed by atoms with van der Waals surface area (Å²) >= 11 is 0. The van der Waals surface area contributed by atoms with E-state index in [1.54, 1.807) is 31.2 Å². The summed E-state index contributed by atoms with van der Waals surface area (Å²) in [5, 5.41) is 26.6. The van der Waals surface area contributed by atoms with Crippen LogP contribution in [0.3, 0.4) is 0 Å². The molecule has 0 aliphatic carbocycles. The van der Waals surface area contributed by atoms with Crippen LogP contribution in [0.1, 0.15) is 48.5 Å². The molecule has 2 heterocycles. The molecule has 2 aromatic carbocycles. The van der Waals surface area contributed by atoms with Crippen LogP contribution in [0.5, 0.6) is 0 Å². The summed E-state index contributed by atoms with van der Waals surface area (Å²) in [5.41, 5.74) is 1.91. The van der Waals surface area contributed by atoms with E-state index in [1.807, 2.05) is 13.8 Å². The van der Waals surface area contributed by atoms with Gasteiger partial charge < -0.3 is 20.1 Å². The summed E-state index contributed by atoms with van der Waals surface area (Å²) < 4.78 is 5.04. The summed E-state index contributed by atoms with van der Waals surface area (Å²) in [4.78, 5) is 44.4. The number of aromatic nitrogens is 2. The number of carbonyl (C=O) groups excluding carboxylic acids is 3. The molecule has 38 heavy (non-hydrogen) atoms. The van der Waals surface area contributed by atoms with Crippen LogP contribution in [0.4, 0.5) is 5.69 Å². The van der Waals surface area contributed by atoms with E-state index < -0.39 is 17.7 Å². The lowest BCUT2D eigenvalue weighted by Gasteiger charge is -2.31. The number of aryl methyl sites for hydroxylation is 1. The highest BCUT2D eigenvalue weighted by atomic mass is 16.5. The number of nitrogens with one attached hydrogen (secondary N) is 1. The van der Waals surface area contributed by atoms with Gasteiger partial charge in [0, 0.05) is 35.8 Å². The average Bonchev–Trinajstić information content (AvgIpc) is 3.48. The molecule has 0 bridgehead atoms. The molecule has 1 unspecified atom stereocenters. The number of Topliss-reactive ketones (excluding diaryl/α,β-unsaturated/α-hetero) is 1. The second-order valence-electron chi connectivity index (χ2n) is 9.03. The second kappa shape index (κ2) is 11.4. The number of aliphatic hydroxyl groups is 2. The number of carbonyl (C=O) groups is 3. The van der Waals surface area contributed by atoms with E-state index in [4.69, 9.17) is 9.63 Å². The quantitative estimate of drug-likeness (QED) is 0.222. The lowest BCUT2D eigenvalue weighted by Crippen LogP contribution is -2.39. The summed E-state index contributed by atoms with van der Waals surface area (Å²) in [6.45, 7) is 5.60. The van der Waals surface area contributed by atoms with Crippen molar-refractivity contribution in [3.63, 3.8) is 0 Å². The van der Waals surface area contributed by atoms with Gasteiger partial charge in [-0.1, -0.05) is 44.0 Å². The van der Waals surface area contributed by atoms with Gasteiger partial charge in [0.25, 0.3) is 17.6 Å². The largest absolute Gasteiger partial charge is 0.507 e. The molecule has 10 nitrogen and oxygen atoms in total. The van der Waals surface area contributed by atoms with Gasteiger partial charge in [0.2, 0.25) is 11.7 Å². The Kier molecular flexibility index (Phi) is 8.02. The molecule has 0 saturated carbocycles. The van der Waals surface area contributed by atoms with Crippen molar-refractivity contribution >= 4 is 29.0 Å². The molecule has 198 valence electrons. The zero-order valence-electron chi connectivity index (χ0n) is 21.5. The fourth-order valence-electron chi connectivity index (χ4n) is 4.72. The Hall–Kier alpha value is -4.31. The van der Waals surface area contributed by atoms with E-state index in [0.717, 1.165) is 0 Å². The van der Waals surface area contributed by atoms with Crippen molar-refractivity contribution in [2.45, 2.75) is 39.7 Å². The first-order valence-corrected chi connectivity index (χ1v) is 12.5. The first-order chi connectivity index (χ1) is 18.3. The zero-order chi connectivity index (χ0) is 27.4. The van der Waals surface area contributed by atoms with E-state index >= 15 is 0 Å². The standard InChI is InChI=1S/C28H30N4O6/c1-4-17(5-2)23-22(24(34)18-6-8-20(9-7-18)27(36)29-14-15-33)25(35)28(37)32(23)21-12-10-19(11-13-21)26-30-16(3)38-31-26/h6-13,17,23,33-34H,4-5,14-15H2,1-3H3,(H,29,36). The summed E-state index contributed by atoms with van der Waals surface area (Å²) in [5.74, 6) is -1.38. The van der Waals surface area contributed by atoms with Crippen molar-refractivity contribution < 1.29 is 29.1 Å². The van der Waals surface area contributed by atoms with E-state index in [0.29, 0.717) is 46.9 Å². The van der Waals surface area contributed by atoms with Crippen LogP contribution in [0.25, 0.3) is 17.1 Å². The van der Waals surface area contributed by atoms with E-state index in [2.05, 4.69) is 15.5 Å². The SMILES string of the molecule is CCC(CC)C1C(=C(O)c2ccc(C(=O)NCCO)cc2)C(=O)C(=O)N1c1ccc(-c2noc(C)n2)cc1. The maximum atomic E-state index is 13.3. The van der Waals surface area contributed by atoms with Gasteiger partial charge in [0.15, 0.2) is 0 Å². The second-order valence-corrected chi connectivity index (χ2v) is 9.03. The minimum Gasteiger partial charge on any atom is -0.507 e. The number of amides is 2. The van der Waals surface area contributed by atoms with Crippen LogP contribution in [-0.4, -0.2) is 57.1 Å². The maximum absolute atomic E-state index is 13.3. The Morgan fingerprint density at radius 3 is 2.24 bits per heavy atom. The Balaban J connectivity index is 1.72. The maximum Gasteiger partial charge on any atom is 0.299 e. The van der Waals surface area contributed by atoms with Crippen LogP contribution in [0.15, 0.2) is 58.6 Å². The highest BCUT2D eigenvalue weighted by molar-refractivity contribution is 6.51. The zero-order valence-corrected chi connectivity index (χ0v) is 21.5. The van der Waals surface area contributed by atoms with Gasteiger partial charge in [0.1, 0.15) is 5.76 Å². The van der Waals surface area contributed by atoms with E-state index in [-0.39, 0.29) is 36.3 Å². The van der Waals surface area contributed by atoms with Gasteiger partial charge in [-0.05, 0) is 42.3 Å². The number of nitrogens with zero attached hydrogens (tertiary/aromatic N) is 3. The van der Waals surface area contributed by atoms with Gasteiger partial charge in [-0.2, -0.15) is 4.98 Å². The van der Waals surface area contributed by atoms with Gasteiger partial charge >= 0.3 is 0 Å². The first kappa shape index (κ1) is 26.7. The summed E-state index contributed by atoms with van der Waals surface area (Å²) in [6, 6.07) is 12.4. The molecule has 1 atom stereocenters. The van der Waals surface area contributed by atoms with Crippen LogP contribution < -0.4 is 10.2 Å². The molecule has 3 N–H and O–H groups in total. The van der Waals surface area contributed by atoms with Crippen LogP contribution in [0.2, 0.25) is 0 Å². The topological polar surface area (TPSA) is 146 Å². The number of benzene rings is 2. The number of rotatable bonds is 9. The van der Waals surface area contributed by atoms with Crippen molar-refractivity contribution in [2.24, 2.45) is 5.92 Å². The predicted molar refractivity (Wildman–Crippen MR) is 140 cm³/mol. The number of hydrogen-bond acceptors (Lipinski definition) is 8. The Labute approximate surface area is 220 Å². The van der Waals surface area contributed by atoms with Crippen LogP contribution >= 0.6 is 0 Å². The normalized spacial score (nSPS) is 16.9. The van der Waals surface area contributed by atoms with Crippen molar-refractivity contribution in [1.82, 2.24) is 15.5 Å². The predicted octanol–water partition coefficient (Wildman–Crippen LogP) is 3.46. The highest BCUT2D eigenvalue weighted by Crippen LogP contribution is 2.39. The minimum absolute atomic E-state index is 0.0408. The van der Waals surface area contributed by atoms with Crippen molar-refractivity contribution in [3.8, 4) is 11.4 Å². The van der Waals surface area contributed by atoms with E-state index in [9.17, 15) is 19.5 Å². The molecule has 3 aromatic rings. The fourth-order valence-corrected chi connectivity index (χ4v) is 4.72. The molecular formula is C28H30N4O6. The van der Waals surface area contributed by atoms with Crippen molar-refractivity contribution in [3.05, 3.63) is 71.1 Å². The Morgan fingerprint density at radius 1 is 1.05 bits per heavy atom. The molecule has 1 aliphatic rings. The molecule has 1 aliphatic heterocycles. The monoisotopic (exact) mass is 518 g/mol. The average molecular weight is 519 g/mol. The van der Waals surface area contributed by atoms with Gasteiger partial charge in [0.05, 0.1) is 18.2 Å². The molecule has 0 spiro atoms. The number of ketones is 1. The molecule has 2 amide bonds. The molecule has 0 radical (unpaired) electrons. The lowest BCUT2D eigenvalue weighted by atomic mass is 9.87. The third-order valence-corrected chi connectivity index (χ3v) is 6.73. The smallest absolute Gasteiger partial charge is 0.299 e. The molecule has 10 heteroatoms. The van der Waals surface area contributed by atoms with Gasteiger partial charge in [-0.3, -0.25) is 19.3 Å². The third kappa shape index (κ3) is 5.08. The Morgan fingerprint density at radius 2 is 1.68 bits per heavy atom. The molecule has 1 saturated heterocycles. The number of anilines is 1. The first-order valence-electron chi connectivity index (χ1n) is 12.5. The van der Waals surface area contributed by atoms with Gasteiger partial charge in [-0.15, -0.1) is 0 Å². The number of hydrogen-bond donors (Lipinski definition) is 3. The Bertz CT molecular complexity index is 1360. The molecule has 1 aromatic heterocycles. The summed E-state index contributed by atoms with van der Waals surface area (Å²) in [7, 11) is 0. The van der Waals surface area contributed by atoms with E-state index in [1.165, 1.54) is 29.2 Å².